The molecule has 0 bridgehead atoms. The van der Waals surface area contributed by atoms with Crippen LogP contribution in [0.1, 0.15) is 5.56 Å². The summed E-state index contributed by atoms with van der Waals surface area (Å²) in [5.41, 5.74) is 0.753. The maximum Gasteiger partial charge on any atom is 0.310 e. The Balaban J connectivity index is 2.29. The molecule has 1 aliphatic rings. The van der Waals surface area contributed by atoms with E-state index in [4.69, 9.17) is 9.84 Å². The van der Waals surface area contributed by atoms with Gasteiger partial charge in [-0.3, -0.25) is 4.79 Å². The number of ether oxygens (including phenoxy) is 1. The summed E-state index contributed by atoms with van der Waals surface area (Å²) >= 11 is 0. The van der Waals surface area contributed by atoms with E-state index < -0.39 is 11.9 Å². The van der Waals surface area contributed by atoms with E-state index in [1.165, 1.54) is 6.07 Å². The third kappa shape index (κ3) is 1.51. The number of benzene rings is 1. The molecule has 0 aromatic heterocycles. The Morgan fingerprint density at radius 2 is 2.29 bits per heavy atom. The van der Waals surface area contributed by atoms with Gasteiger partial charge < -0.3 is 14.9 Å². The van der Waals surface area contributed by atoms with Gasteiger partial charge in [-0.2, -0.15) is 0 Å². The first-order valence-electron chi connectivity index (χ1n) is 4.34. The Morgan fingerprint density at radius 1 is 1.50 bits per heavy atom. The summed E-state index contributed by atoms with van der Waals surface area (Å²) in [6, 6.07) is 4.73. The Kier molecular flexibility index (Phi) is 2.04. The van der Waals surface area contributed by atoms with Gasteiger partial charge in [0.2, 0.25) is 0 Å². The highest BCUT2D eigenvalue weighted by molar-refractivity contribution is 5.71. The Bertz CT molecular complexity index is 372. The molecule has 0 amide bonds. The van der Waals surface area contributed by atoms with E-state index in [0.717, 1.165) is 5.56 Å². The van der Waals surface area contributed by atoms with Crippen LogP contribution < -0.4 is 4.74 Å². The highest BCUT2D eigenvalue weighted by atomic mass is 16.5. The zero-order chi connectivity index (χ0) is 10.1. The van der Waals surface area contributed by atoms with Crippen molar-refractivity contribution in [1.82, 2.24) is 0 Å². The maximum absolute atomic E-state index is 10.7. The quantitative estimate of drug-likeness (QED) is 0.700. The lowest BCUT2D eigenvalue weighted by Gasteiger charge is -2.22. The zero-order valence-corrected chi connectivity index (χ0v) is 7.43. The minimum Gasteiger partial charge on any atom is -0.508 e. The molecular weight excluding hydrogens is 184 g/mol. The average Bonchev–Trinajstić information content (AvgIpc) is 2.16. The summed E-state index contributed by atoms with van der Waals surface area (Å²) in [4.78, 5) is 10.7. The largest absolute Gasteiger partial charge is 0.508 e. The standard InChI is InChI=1S/C10H10O4/c11-8-1-2-9-6(4-8)3-7(5-14-9)10(12)13/h1-2,4,7,11H,3,5H2,(H,12,13). The summed E-state index contributed by atoms with van der Waals surface area (Å²) < 4.78 is 5.26. The number of carboxylic acid groups (broad SMARTS) is 1. The molecule has 0 spiro atoms. The second-order valence-electron chi connectivity index (χ2n) is 3.34. The van der Waals surface area contributed by atoms with Crippen molar-refractivity contribution < 1.29 is 19.7 Å². The number of carbonyl (C=O) groups is 1. The smallest absolute Gasteiger partial charge is 0.310 e. The van der Waals surface area contributed by atoms with Crippen molar-refractivity contribution in [3.05, 3.63) is 23.8 Å². The van der Waals surface area contributed by atoms with Crippen LogP contribution in [-0.4, -0.2) is 22.8 Å². The van der Waals surface area contributed by atoms with Gasteiger partial charge in [-0.15, -0.1) is 0 Å². The van der Waals surface area contributed by atoms with Crippen LogP contribution in [0.2, 0.25) is 0 Å². The van der Waals surface area contributed by atoms with E-state index in [9.17, 15) is 9.90 Å². The highest BCUT2D eigenvalue weighted by Crippen LogP contribution is 2.30. The van der Waals surface area contributed by atoms with Gasteiger partial charge in [0.05, 0.1) is 5.92 Å². The zero-order valence-electron chi connectivity index (χ0n) is 7.43. The molecule has 0 fully saturated rings. The van der Waals surface area contributed by atoms with E-state index in [-0.39, 0.29) is 12.4 Å². The fourth-order valence-corrected chi connectivity index (χ4v) is 1.54. The molecule has 0 aliphatic carbocycles. The van der Waals surface area contributed by atoms with Crippen molar-refractivity contribution in [2.24, 2.45) is 5.92 Å². The van der Waals surface area contributed by atoms with Crippen molar-refractivity contribution in [1.29, 1.82) is 0 Å². The lowest BCUT2D eigenvalue weighted by Crippen LogP contribution is -2.27. The van der Waals surface area contributed by atoms with Crippen LogP contribution >= 0.6 is 0 Å². The summed E-state index contributed by atoms with van der Waals surface area (Å²) in [6.45, 7) is 0.201. The summed E-state index contributed by atoms with van der Waals surface area (Å²) in [6.07, 6.45) is 0.416. The Labute approximate surface area is 80.7 Å². The number of aromatic hydroxyl groups is 1. The van der Waals surface area contributed by atoms with Crippen LogP contribution in [0.3, 0.4) is 0 Å². The molecular formula is C10H10O4. The summed E-state index contributed by atoms with van der Waals surface area (Å²) in [7, 11) is 0. The van der Waals surface area contributed by atoms with Crippen LogP contribution in [0.4, 0.5) is 0 Å². The van der Waals surface area contributed by atoms with E-state index in [1.54, 1.807) is 12.1 Å². The molecule has 1 atom stereocenters. The molecule has 14 heavy (non-hydrogen) atoms. The van der Waals surface area contributed by atoms with E-state index >= 15 is 0 Å². The Hall–Kier alpha value is -1.71. The van der Waals surface area contributed by atoms with Crippen molar-refractivity contribution in [2.45, 2.75) is 6.42 Å². The normalized spacial score (nSPS) is 19.6. The monoisotopic (exact) mass is 194 g/mol. The summed E-state index contributed by atoms with van der Waals surface area (Å²) in [5.74, 6) is -0.568. The number of aliphatic carboxylic acids is 1. The predicted molar refractivity (Wildman–Crippen MR) is 48.4 cm³/mol. The SMILES string of the molecule is O=C(O)C1COc2ccc(O)cc2C1. The van der Waals surface area contributed by atoms with Gasteiger partial charge in [0.1, 0.15) is 18.1 Å². The van der Waals surface area contributed by atoms with Crippen LogP contribution in [0.25, 0.3) is 0 Å². The topological polar surface area (TPSA) is 66.8 Å². The first kappa shape index (κ1) is 8.87. The second-order valence-corrected chi connectivity index (χ2v) is 3.34. The van der Waals surface area contributed by atoms with Gasteiger partial charge in [0.25, 0.3) is 0 Å². The summed E-state index contributed by atoms with van der Waals surface area (Å²) in [5, 5.41) is 18.0. The van der Waals surface area contributed by atoms with Crippen molar-refractivity contribution >= 4 is 5.97 Å². The molecule has 2 rings (SSSR count). The van der Waals surface area contributed by atoms with Crippen LogP contribution in [0, 0.1) is 5.92 Å². The van der Waals surface area contributed by atoms with E-state index in [1.807, 2.05) is 0 Å². The molecule has 2 N–H and O–H groups in total. The first-order chi connectivity index (χ1) is 6.66. The van der Waals surface area contributed by atoms with Gasteiger partial charge in [-0.05, 0) is 30.2 Å². The molecule has 1 aliphatic heterocycles. The van der Waals surface area contributed by atoms with Gasteiger partial charge in [0.15, 0.2) is 0 Å². The van der Waals surface area contributed by atoms with Crippen molar-refractivity contribution in [3.8, 4) is 11.5 Å². The van der Waals surface area contributed by atoms with Gasteiger partial charge in [-0.25, -0.2) is 0 Å². The van der Waals surface area contributed by atoms with Crippen LogP contribution in [-0.2, 0) is 11.2 Å². The number of carboxylic acids is 1. The second kappa shape index (κ2) is 3.21. The number of hydrogen-bond donors (Lipinski definition) is 2. The number of rotatable bonds is 1. The Morgan fingerprint density at radius 3 is 3.00 bits per heavy atom. The van der Waals surface area contributed by atoms with Gasteiger partial charge in [0, 0.05) is 0 Å². The molecule has 1 aromatic rings. The lowest BCUT2D eigenvalue weighted by molar-refractivity contribution is -0.143. The minimum atomic E-state index is -0.862. The number of fused-ring (bicyclic) bond motifs is 1. The van der Waals surface area contributed by atoms with Crippen LogP contribution in [0.15, 0.2) is 18.2 Å². The number of phenols is 1. The van der Waals surface area contributed by atoms with Gasteiger partial charge >= 0.3 is 5.97 Å². The third-order valence-corrected chi connectivity index (χ3v) is 2.30. The van der Waals surface area contributed by atoms with E-state index in [2.05, 4.69) is 0 Å². The van der Waals surface area contributed by atoms with Crippen molar-refractivity contribution in [2.75, 3.05) is 6.61 Å². The molecule has 1 heterocycles. The molecule has 0 saturated heterocycles. The maximum atomic E-state index is 10.7. The third-order valence-electron chi connectivity index (χ3n) is 2.30. The average molecular weight is 194 g/mol. The minimum absolute atomic E-state index is 0.137. The lowest BCUT2D eigenvalue weighted by atomic mass is 9.97. The molecule has 0 saturated carbocycles. The molecule has 74 valence electrons. The fourth-order valence-electron chi connectivity index (χ4n) is 1.54. The molecule has 4 heteroatoms. The van der Waals surface area contributed by atoms with Crippen LogP contribution in [0.5, 0.6) is 11.5 Å². The van der Waals surface area contributed by atoms with Crippen molar-refractivity contribution in [3.63, 3.8) is 0 Å². The highest BCUT2D eigenvalue weighted by Gasteiger charge is 2.25. The van der Waals surface area contributed by atoms with E-state index in [0.29, 0.717) is 12.2 Å². The number of hydrogen-bond acceptors (Lipinski definition) is 3. The first-order valence-corrected chi connectivity index (χ1v) is 4.34. The number of phenolic OH excluding ortho intramolecular Hbond substituents is 1. The molecule has 1 unspecified atom stereocenters. The predicted octanol–water partition coefficient (Wildman–Crippen LogP) is 1.03. The van der Waals surface area contributed by atoms with Gasteiger partial charge in [-0.1, -0.05) is 0 Å². The molecule has 4 nitrogen and oxygen atoms in total. The fraction of sp³-hybridized carbons (Fsp3) is 0.300. The molecule has 1 aromatic carbocycles. The molecule has 0 radical (unpaired) electrons.